The lowest BCUT2D eigenvalue weighted by atomic mass is 9.74. The molecular formula is C44H38N2O10. The van der Waals surface area contributed by atoms with Crippen molar-refractivity contribution >= 4 is 24.1 Å². The molecule has 0 saturated heterocycles. The maximum atomic E-state index is 13.4. The second-order valence-electron chi connectivity index (χ2n) is 13.2. The first kappa shape index (κ1) is 37.2. The summed E-state index contributed by atoms with van der Waals surface area (Å²) in [6, 6.07) is 39.8. The second kappa shape index (κ2) is 17.8. The summed E-state index contributed by atoms with van der Waals surface area (Å²) in [5, 5.41) is 0. The van der Waals surface area contributed by atoms with E-state index in [4.69, 9.17) is 27.8 Å². The van der Waals surface area contributed by atoms with Gasteiger partial charge >= 0.3 is 24.1 Å². The number of carbonyl (C=O) groups excluding carboxylic acids is 4. The Morgan fingerprint density at radius 2 is 0.839 bits per heavy atom. The van der Waals surface area contributed by atoms with Crippen LogP contribution in [0.1, 0.15) is 35.5 Å². The van der Waals surface area contributed by atoms with Crippen molar-refractivity contribution in [2.24, 2.45) is 11.8 Å². The summed E-state index contributed by atoms with van der Waals surface area (Å²) in [5.41, 5.74) is 1.50. The summed E-state index contributed by atoms with van der Waals surface area (Å²) in [7, 11) is 0. The molecule has 4 aromatic carbocycles. The summed E-state index contributed by atoms with van der Waals surface area (Å²) >= 11 is 0. The SMILES string of the molecule is O=C(OC(=O)N(Cc1ccc(Oc2ccccc2)cc1)Cc1ccco1)C1CCC1C(=O)OC(=O)N(Cc1ccc(Oc2ccccc2)cc1)Cc1ccco1. The monoisotopic (exact) mass is 754 g/mol. The highest BCUT2D eigenvalue weighted by Crippen LogP contribution is 2.37. The third kappa shape index (κ3) is 9.91. The van der Waals surface area contributed by atoms with Crippen LogP contribution < -0.4 is 9.47 Å². The molecule has 0 radical (unpaired) electrons. The molecule has 284 valence electrons. The van der Waals surface area contributed by atoms with Crippen molar-refractivity contribution in [3.8, 4) is 23.0 Å². The van der Waals surface area contributed by atoms with Gasteiger partial charge in [0.25, 0.3) is 0 Å². The lowest BCUT2D eigenvalue weighted by Crippen LogP contribution is -2.44. The van der Waals surface area contributed by atoms with Crippen LogP contribution in [0.2, 0.25) is 0 Å². The predicted molar refractivity (Wildman–Crippen MR) is 201 cm³/mol. The summed E-state index contributed by atoms with van der Waals surface area (Å²) < 4.78 is 33.3. The number of carbonyl (C=O) groups is 4. The van der Waals surface area contributed by atoms with Gasteiger partial charge in [-0.05, 0) is 96.8 Å². The second-order valence-corrected chi connectivity index (χ2v) is 13.2. The largest absolute Gasteiger partial charge is 0.467 e. The molecule has 2 amide bonds. The van der Waals surface area contributed by atoms with E-state index in [0.717, 1.165) is 11.1 Å². The molecule has 1 aliphatic carbocycles. The maximum absolute atomic E-state index is 13.4. The van der Waals surface area contributed by atoms with Gasteiger partial charge < -0.3 is 27.8 Å². The van der Waals surface area contributed by atoms with Crippen molar-refractivity contribution < 1.29 is 47.0 Å². The number of benzene rings is 4. The molecule has 7 rings (SSSR count). The summed E-state index contributed by atoms with van der Waals surface area (Å²) in [6.07, 6.45) is 1.73. The number of para-hydroxylation sites is 2. The van der Waals surface area contributed by atoms with E-state index >= 15 is 0 Å². The Bertz CT molecular complexity index is 2030. The summed E-state index contributed by atoms with van der Waals surface area (Å²) in [4.78, 5) is 56.1. The highest BCUT2D eigenvalue weighted by molar-refractivity contribution is 5.93. The average molecular weight is 755 g/mol. The third-order valence-electron chi connectivity index (χ3n) is 9.18. The number of hydrogen-bond donors (Lipinski definition) is 0. The first-order chi connectivity index (χ1) is 27.4. The quantitative estimate of drug-likeness (QED) is 0.0781. The Labute approximate surface area is 322 Å². The van der Waals surface area contributed by atoms with Gasteiger partial charge in [-0.25, -0.2) is 9.59 Å². The standard InChI is InChI=1S/C44H38N2O10/c47-41(55-43(49)45(29-37-13-7-25-51-37)27-31-15-19-35(20-16-31)53-33-9-3-1-4-10-33)39-23-24-40(39)42(48)56-44(50)46(30-38-14-8-26-52-38)28-32-17-21-36(22-18-32)54-34-11-5-2-6-12-34/h1-22,25-26,39-40H,23-24,27-30H2. The van der Waals surface area contributed by atoms with Gasteiger partial charge in [0.1, 0.15) is 34.5 Å². The summed E-state index contributed by atoms with van der Waals surface area (Å²) in [5.74, 6) is -0.110. The molecule has 0 N–H and O–H groups in total. The van der Waals surface area contributed by atoms with Crippen LogP contribution >= 0.6 is 0 Å². The van der Waals surface area contributed by atoms with Crippen molar-refractivity contribution in [1.82, 2.24) is 9.80 Å². The molecule has 0 aliphatic heterocycles. The van der Waals surface area contributed by atoms with Gasteiger partial charge in [-0.2, -0.15) is 0 Å². The van der Waals surface area contributed by atoms with Crippen LogP contribution in [0.5, 0.6) is 23.0 Å². The molecule has 12 nitrogen and oxygen atoms in total. The normalized spacial score (nSPS) is 14.5. The zero-order valence-corrected chi connectivity index (χ0v) is 30.2. The minimum atomic E-state index is -0.963. The van der Waals surface area contributed by atoms with E-state index < -0.39 is 36.0 Å². The van der Waals surface area contributed by atoms with E-state index in [0.29, 0.717) is 34.5 Å². The average Bonchev–Trinajstić information content (AvgIpc) is 3.91. The first-order valence-electron chi connectivity index (χ1n) is 18.1. The van der Waals surface area contributed by atoms with Gasteiger partial charge in [-0.1, -0.05) is 60.7 Å². The molecule has 2 heterocycles. The van der Waals surface area contributed by atoms with Gasteiger partial charge in [0, 0.05) is 13.1 Å². The molecule has 12 heteroatoms. The van der Waals surface area contributed by atoms with Crippen LogP contribution in [0.25, 0.3) is 0 Å². The molecular weight excluding hydrogens is 716 g/mol. The van der Waals surface area contributed by atoms with Crippen molar-refractivity contribution in [2.45, 2.75) is 39.0 Å². The van der Waals surface area contributed by atoms with Crippen LogP contribution in [-0.2, 0) is 45.2 Å². The first-order valence-corrected chi connectivity index (χ1v) is 18.1. The molecule has 0 spiro atoms. The fraction of sp³-hybridized carbons (Fsp3) is 0.182. The van der Waals surface area contributed by atoms with E-state index in [1.54, 1.807) is 48.5 Å². The Kier molecular flexibility index (Phi) is 11.9. The predicted octanol–water partition coefficient (Wildman–Crippen LogP) is 9.51. The van der Waals surface area contributed by atoms with Crippen LogP contribution in [0.4, 0.5) is 9.59 Å². The topological polar surface area (TPSA) is 138 Å². The van der Waals surface area contributed by atoms with E-state index in [-0.39, 0.29) is 39.0 Å². The fourth-order valence-electron chi connectivity index (χ4n) is 6.08. The van der Waals surface area contributed by atoms with E-state index in [9.17, 15) is 19.2 Å². The van der Waals surface area contributed by atoms with Gasteiger partial charge in [0.05, 0.1) is 37.5 Å². The van der Waals surface area contributed by atoms with Crippen LogP contribution in [0.15, 0.2) is 155 Å². The molecule has 2 unspecified atom stereocenters. The minimum absolute atomic E-state index is 0.0281. The molecule has 0 bridgehead atoms. The number of amides is 2. The van der Waals surface area contributed by atoms with Crippen molar-refractivity contribution in [3.05, 3.63) is 169 Å². The van der Waals surface area contributed by atoms with E-state index in [1.807, 2.05) is 84.9 Å². The van der Waals surface area contributed by atoms with Crippen molar-refractivity contribution in [1.29, 1.82) is 0 Å². The van der Waals surface area contributed by atoms with E-state index in [2.05, 4.69) is 0 Å². The van der Waals surface area contributed by atoms with Crippen molar-refractivity contribution in [3.63, 3.8) is 0 Å². The number of hydrogen-bond acceptors (Lipinski definition) is 10. The van der Waals surface area contributed by atoms with E-state index in [1.165, 1.54) is 22.3 Å². The van der Waals surface area contributed by atoms with Crippen molar-refractivity contribution in [2.75, 3.05) is 0 Å². The fourth-order valence-corrected chi connectivity index (χ4v) is 6.08. The molecule has 1 aliphatic rings. The highest BCUT2D eigenvalue weighted by atomic mass is 16.6. The molecule has 6 aromatic rings. The van der Waals surface area contributed by atoms with Gasteiger partial charge in [0.15, 0.2) is 0 Å². The Balaban J connectivity index is 0.958. The van der Waals surface area contributed by atoms with Gasteiger partial charge in [0.2, 0.25) is 0 Å². The zero-order chi connectivity index (χ0) is 38.7. The lowest BCUT2D eigenvalue weighted by molar-refractivity contribution is -0.161. The Morgan fingerprint density at radius 3 is 1.18 bits per heavy atom. The number of ether oxygens (including phenoxy) is 4. The maximum Gasteiger partial charge on any atom is 0.418 e. The van der Waals surface area contributed by atoms with Crippen LogP contribution in [0.3, 0.4) is 0 Å². The molecule has 2 atom stereocenters. The highest BCUT2D eigenvalue weighted by Gasteiger charge is 2.45. The summed E-state index contributed by atoms with van der Waals surface area (Å²) in [6.45, 7) is 0.245. The van der Waals surface area contributed by atoms with Crippen LogP contribution in [-0.4, -0.2) is 33.9 Å². The lowest BCUT2D eigenvalue weighted by Gasteiger charge is -2.33. The number of rotatable bonds is 14. The van der Waals surface area contributed by atoms with Crippen LogP contribution in [0, 0.1) is 11.8 Å². The third-order valence-corrected chi connectivity index (χ3v) is 9.18. The Hall–Kier alpha value is -7.08. The zero-order valence-electron chi connectivity index (χ0n) is 30.2. The number of nitrogens with zero attached hydrogens (tertiary/aromatic N) is 2. The number of esters is 2. The molecule has 1 saturated carbocycles. The number of furan rings is 2. The minimum Gasteiger partial charge on any atom is -0.467 e. The molecule has 56 heavy (non-hydrogen) atoms. The van der Waals surface area contributed by atoms with Gasteiger partial charge in [-0.3, -0.25) is 19.4 Å². The Morgan fingerprint density at radius 1 is 0.464 bits per heavy atom. The van der Waals surface area contributed by atoms with Gasteiger partial charge in [-0.15, -0.1) is 0 Å². The molecule has 1 fully saturated rings. The smallest absolute Gasteiger partial charge is 0.418 e. The molecule has 2 aromatic heterocycles.